The number of nitrogens with zero attached hydrogens (tertiary/aromatic N) is 2. The smallest absolute Gasteiger partial charge is 0.254 e. The highest BCUT2D eigenvalue weighted by Crippen LogP contribution is 2.26. The summed E-state index contributed by atoms with van der Waals surface area (Å²) in [6, 6.07) is 16.7. The minimum atomic E-state index is -0.117. The number of hydrogen-bond acceptors (Lipinski definition) is 4. The summed E-state index contributed by atoms with van der Waals surface area (Å²) >= 11 is 0. The third-order valence-electron chi connectivity index (χ3n) is 5.33. The van der Waals surface area contributed by atoms with Gasteiger partial charge in [0.2, 0.25) is 5.91 Å². The van der Waals surface area contributed by atoms with E-state index in [4.69, 9.17) is 11.0 Å². The monoisotopic (exact) mass is 390 g/mol. The number of anilines is 1. The van der Waals surface area contributed by atoms with Crippen molar-refractivity contribution in [2.45, 2.75) is 51.2 Å². The van der Waals surface area contributed by atoms with Gasteiger partial charge in [0.05, 0.1) is 11.6 Å². The van der Waals surface area contributed by atoms with Crippen LogP contribution in [0.1, 0.15) is 54.1 Å². The average molecular weight is 390 g/mol. The molecule has 1 fully saturated rings. The van der Waals surface area contributed by atoms with Crippen molar-refractivity contribution in [1.29, 1.82) is 5.26 Å². The van der Waals surface area contributed by atoms with Crippen molar-refractivity contribution in [1.82, 2.24) is 4.90 Å². The molecule has 0 saturated heterocycles. The number of rotatable bonds is 5. The normalized spacial score (nSPS) is 18.5. The lowest BCUT2D eigenvalue weighted by Crippen LogP contribution is -2.43. The van der Waals surface area contributed by atoms with Gasteiger partial charge in [-0.25, -0.2) is 0 Å². The zero-order chi connectivity index (χ0) is 20.8. The molecule has 0 aromatic heterocycles. The number of amides is 2. The molecule has 1 aliphatic carbocycles. The first-order valence-electron chi connectivity index (χ1n) is 9.89. The molecule has 0 radical (unpaired) electrons. The molecule has 3 N–H and O–H groups in total. The van der Waals surface area contributed by atoms with Gasteiger partial charge in [-0.15, -0.1) is 0 Å². The highest BCUT2D eigenvalue weighted by atomic mass is 16.2. The van der Waals surface area contributed by atoms with Crippen molar-refractivity contribution in [3.8, 4) is 6.07 Å². The summed E-state index contributed by atoms with van der Waals surface area (Å²) < 4.78 is 0. The Morgan fingerprint density at radius 1 is 1.07 bits per heavy atom. The number of carbonyl (C=O) groups excluding carboxylic acids is 2. The average Bonchev–Trinajstić information content (AvgIpc) is 2.73. The second-order valence-electron chi connectivity index (χ2n) is 7.57. The molecule has 2 amide bonds. The van der Waals surface area contributed by atoms with E-state index >= 15 is 0 Å². The van der Waals surface area contributed by atoms with Crippen LogP contribution in [0.4, 0.5) is 5.69 Å². The highest BCUT2D eigenvalue weighted by molar-refractivity contribution is 5.94. The van der Waals surface area contributed by atoms with E-state index in [1.807, 2.05) is 29.2 Å². The first kappa shape index (κ1) is 20.6. The topological polar surface area (TPSA) is 99.2 Å². The van der Waals surface area contributed by atoms with Crippen molar-refractivity contribution in [2.24, 2.45) is 5.73 Å². The number of nitrogens with one attached hydrogen (secondary N) is 1. The van der Waals surface area contributed by atoms with Crippen molar-refractivity contribution >= 4 is 17.5 Å². The molecule has 0 spiro atoms. The summed E-state index contributed by atoms with van der Waals surface area (Å²) in [6.45, 7) is 1.96. The van der Waals surface area contributed by atoms with Gasteiger partial charge in [0.25, 0.3) is 5.91 Å². The molecule has 1 aliphatic rings. The van der Waals surface area contributed by atoms with Crippen LogP contribution in [0, 0.1) is 11.3 Å². The van der Waals surface area contributed by atoms with Crippen LogP contribution < -0.4 is 11.1 Å². The maximum Gasteiger partial charge on any atom is 0.254 e. The lowest BCUT2D eigenvalue weighted by molar-refractivity contribution is -0.114. The zero-order valence-electron chi connectivity index (χ0n) is 16.6. The Balaban J connectivity index is 1.81. The fourth-order valence-electron chi connectivity index (χ4n) is 3.73. The Morgan fingerprint density at radius 3 is 2.24 bits per heavy atom. The minimum Gasteiger partial charge on any atom is -0.331 e. The Kier molecular flexibility index (Phi) is 6.63. The van der Waals surface area contributed by atoms with Gasteiger partial charge in [0.15, 0.2) is 0 Å². The summed E-state index contributed by atoms with van der Waals surface area (Å²) in [5, 5.41) is 11.7. The Labute approximate surface area is 171 Å². The van der Waals surface area contributed by atoms with E-state index in [2.05, 4.69) is 11.4 Å². The molecule has 0 atom stereocenters. The van der Waals surface area contributed by atoms with E-state index in [0.29, 0.717) is 17.7 Å². The highest BCUT2D eigenvalue weighted by Gasteiger charge is 2.28. The van der Waals surface area contributed by atoms with Gasteiger partial charge in [-0.1, -0.05) is 12.1 Å². The molecular formula is C23H26N4O2. The predicted octanol–water partition coefficient (Wildman–Crippen LogP) is 3.43. The van der Waals surface area contributed by atoms with E-state index < -0.39 is 0 Å². The third kappa shape index (κ3) is 5.43. The van der Waals surface area contributed by atoms with Gasteiger partial charge in [-0.3, -0.25) is 9.59 Å². The fourth-order valence-corrected chi connectivity index (χ4v) is 3.73. The third-order valence-corrected chi connectivity index (χ3v) is 5.33. The summed E-state index contributed by atoms with van der Waals surface area (Å²) in [6.07, 6.45) is 3.58. The second kappa shape index (κ2) is 9.35. The number of nitrogens with two attached hydrogens (primary N) is 1. The van der Waals surface area contributed by atoms with Crippen LogP contribution in [-0.2, 0) is 11.3 Å². The second-order valence-corrected chi connectivity index (χ2v) is 7.57. The van der Waals surface area contributed by atoms with E-state index in [1.165, 1.54) is 6.92 Å². The van der Waals surface area contributed by atoms with E-state index in [9.17, 15) is 9.59 Å². The predicted molar refractivity (Wildman–Crippen MR) is 112 cm³/mol. The first-order valence-corrected chi connectivity index (χ1v) is 9.89. The van der Waals surface area contributed by atoms with Crippen molar-refractivity contribution < 1.29 is 9.59 Å². The van der Waals surface area contributed by atoms with Gasteiger partial charge in [-0.05, 0) is 67.6 Å². The summed E-state index contributed by atoms with van der Waals surface area (Å²) in [4.78, 5) is 26.4. The number of nitriles is 1. The molecule has 1 saturated carbocycles. The molecule has 2 aromatic rings. The van der Waals surface area contributed by atoms with E-state index in [-0.39, 0.29) is 23.9 Å². The molecular weight excluding hydrogens is 364 g/mol. The molecule has 150 valence electrons. The molecule has 0 aliphatic heterocycles. The molecule has 2 aromatic carbocycles. The van der Waals surface area contributed by atoms with Crippen molar-refractivity contribution in [2.75, 3.05) is 5.32 Å². The van der Waals surface area contributed by atoms with Crippen LogP contribution in [0.5, 0.6) is 0 Å². The van der Waals surface area contributed by atoms with Crippen LogP contribution in [0.2, 0.25) is 0 Å². The van der Waals surface area contributed by atoms with Gasteiger partial charge in [0.1, 0.15) is 0 Å². The summed E-state index contributed by atoms with van der Waals surface area (Å²) in [5.74, 6) is -0.158. The van der Waals surface area contributed by atoms with E-state index in [1.54, 1.807) is 24.3 Å². The maximum absolute atomic E-state index is 13.3. The zero-order valence-corrected chi connectivity index (χ0v) is 16.6. The number of hydrogen-bond donors (Lipinski definition) is 2. The molecule has 6 nitrogen and oxygen atoms in total. The minimum absolute atomic E-state index is 0.0408. The Hall–Kier alpha value is -3.17. The molecule has 0 unspecified atom stereocenters. The van der Waals surface area contributed by atoms with Crippen LogP contribution >= 0.6 is 0 Å². The lowest BCUT2D eigenvalue weighted by atomic mass is 9.90. The van der Waals surface area contributed by atoms with Gasteiger partial charge in [0, 0.05) is 36.8 Å². The van der Waals surface area contributed by atoms with E-state index in [0.717, 1.165) is 36.9 Å². The largest absolute Gasteiger partial charge is 0.331 e. The summed E-state index contributed by atoms with van der Waals surface area (Å²) in [7, 11) is 0. The fraction of sp³-hybridized carbons (Fsp3) is 0.348. The quantitative estimate of drug-likeness (QED) is 0.817. The van der Waals surface area contributed by atoms with Crippen LogP contribution in [0.25, 0.3) is 0 Å². The molecule has 3 rings (SSSR count). The standard InChI is InChI=1S/C23H26N4O2/c1-16(28)26-21-10-4-18(5-11-21)15-27(22-12-8-20(25)9-13-22)23(29)19-6-2-17(14-24)3-7-19/h2-7,10-11,20,22H,8-9,12-13,15,25H2,1H3,(H,26,28). The van der Waals surface area contributed by atoms with Crippen LogP contribution in [0.3, 0.4) is 0 Å². The van der Waals surface area contributed by atoms with Crippen LogP contribution in [-0.4, -0.2) is 28.8 Å². The molecule has 29 heavy (non-hydrogen) atoms. The Morgan fingerprint density at radius 2 is 1.69 bits per heavy atom. The SMILES string of the molecule is CC(=O)Nc1ccc(CN(C(=O)c2ccc(C#N)cc2)C2CCC(N)CC2)cc1. The summed E-state index contributed by atoms with van der Waals surface area (Å²) in [5.41, 5.74) is 8.89. The Bertz CT molecular complexity index is 892. The molecule has 0 heterocycles. The van der Waals surface area contributed by atoms with Crippen molar-refractivity contribution in [3.63, 3.8) is 0 Å². The van der Waals surface area contributed by atoms with Gasteiger partial charge < -0.3 is 16.0 Å². The molecule has 0 bridgehead atoms. The van der Waals surface area contributed by atoms with Gasteiger partial charge in [-0.2, -0.15) is 5.26 Å². The number of benzene rings is 2. The first-order chi connectivity index (χ1) is 14.0. The van der Waals surface area contributed by atoms with Crippen molar-refractivity contribution in [3.05, 3.63) is 65.2 Å². The maximum atomic E-state index is 13.3. The van der Waals surface area contributed by atoms with Gasteiger partial charge >= 0.3 is 0 Å². The number of carbonyl (C=O) groups is 2. The van der Waals surface area contributed by atoms with Crippen LogP contribution in [0.15, 0.2) is 48.5 Å². The lowest BCUT2D eigenvalue weighted by Gasteiger charge is -2.36. The molecule has 6 heteroatoms.